The van der Waals surface area contributed by atoms with E-state index < -0.39 is 17.7 Å². The predicted octanol–water partition coefficient (Wildman–Crippen LogP) is 1.42. The molecule has 0 radical (unpaired) electrons. The van der Waals surface area contributed by atoms with Gasteiger partial charge < -0.3 is 19.7 Å². The molecular formula is C13H17FO5. The molecule has 0 aromatic heterocycles. The maximum Gasteiger partial charge on any atom is 0.341 e. The smallest absolute Gasteiger partial charge is 0.341 e. The van der Waals surface area contributed by atoms with Gasteiger partial charge >= 0.3 is 5.97 Å². The predicted molar refractivity (Wildman–Crippen MR) is 66.4 cm³/mol. The molecule has 0 saturated heterocycles. The zero-order valence-electron chi connectivity index (χ0n) is 11.0. The van der Waals surface area contributed by atoms with Crippen molar-refractivity contribution in [1.82, 2.24) is 0 Å². The van der Waals surface area contributed by atoms with Crippen molar-refractivity contribution in [2.45, 2.75) is 25.1 Å². The summed E-state index contributed by atoms with van der Waals surface area (Å²) < 4.78 is 23.5. The largest absolute Gasteiger partial charge is 0.493 e. The number of alkyl halides is 1. The molecule has 1 aromatic rings. The van der Waals surface area contributed by atoms with Gasteiger partial charge in [-0.25, -0.2) is 9.18 Å². The van der Waals surface area contributed by atoms with Gasteiger partial charge in [-0.2, -0.15) is 0 Å². The minimum Gasteiger partial charge on any atom is -0.493 e. The Hall–Kier alpha value is -1.82. The van der Waals surface area contributed by atoms with E-state index in [-0.39, 0.29) is 6.42 Å². The molecule has 1 rings (SSSR count). The maximum absolute atomic E-state index is 13.4. The summed E-state index contributed by atoms with van der Waals surface area (Å²) in [5.41, 5.74) is -1.45. The highest BCUT2D eigenvalue weighted by Gasteiger charge is 2.38. The van der Waals surface area contributed by atoms with Crippen molar-refractivity contribution in [3.05, 3.63) is 23.8 Å². The topological polar surface area (TPSA) is 76.0 Å². The minimum absolute atomic E-state index is 0.152. The van der Waals surface area contributed by atoms with Crippen molar-refractivity contribution in [2.75, 3.05) is 14.2 Å². The molecule has 106 valence electrons. The molecule has 0 spiro atoms. The summed E-state index contributed by atoms with van der Waals surface area (Å²) in [5, 5.41) is 18.5. The van der Waals surface area contributed by atoms with Crippen molar-refractivity contribution in [2.24, 2.45) is 0 Å². The van der Waals surface area contributed by atoms with Crippen molar-refractivity contribution < 1.29 is 28.9 Å². The molecule has 0 fully saturated rings. The molecular weight excluding hydrogens is 255 g/mol. The number of ether oxygens (including phenoxy) is 2. The summed E-state index contributed by atoms with van der Waals surface area (Å²) in [6, 6.07) is 4.80. The maximum atomic E-state index is 13.4. The number of methoxy groups -OCH3 is 2. The van der Waals surface area contributed by atoms with Crippen LogP contribution in [0.25, 0.3) is 0 Å². The Kier molecular flexibility index (Phi) is 4.72. The van der Waals surface area contributed by atoms with Gasteiger partial charge in [-0.15, -0.1) is 0 Å². The molecule has 0 aliphatic carbocycles. The number of aliphatic hydroxyl groups is 1. The van der Waals surface area contributed by atoms with Crippen LogP contribution in [-0.2, 0) is 11.2 Å². The lowest BCUT2D eigenvalue weighted by Crippen LogP contribution is -2.43. The van der Waals surface area contributed by atoms with E-state index in [1.165, 1.54) is 14.2 Å². The Morgan fingerprint density at radius 3 is 2.42 bits per heavy atom. The van der Waals surface area contributed by atoms with E-state index in [2.05, 4.69) is 0 Å². The molecule has 2 N–H and O–H groups in total. The van der Waals surface area contributed by atoms with Gasteiger partial charge in [0, 0.05) is 6.42 Å². The lowest BCUT2D eigenvalue weighted by molar-refractivity contribution is -0.152. The zero-order chi connectivity index (χ0) is 14.6. The van der Waals surface area contributed by atoms with Gasteiger partial charge in [-0.3, -0.25) is 0 Å². The summed E-state index contributed by atoms with van der Waals surface area (Å²) >= 11 is 0. The lowest BCUT2D eigenvalue weighted by atomic mass is 9.91. The van der Waals surface area contributed by atoms with Crippen molar-refractivity contribution in [3.63, 3.8) is 0 Å². The molecule has 0 amide bonds. The Labute approximate surface area is 110 Å². The fraction of sp³-hybridized carbons (Fsp3) is 0.462. The molecule has 0 bridgehead atoms. The SMILES string of the molecule is COc1ccc(CC(C)(O)C(F)C(=O)O)cc1OC. The monoisotopic (exact) mass is 272 g/mol. The molecule has 0 aliphatic rings. The van der Waals surface area contributed by atoms with Gasteiger partial charge in [-0.1, -0.05) is 6.07 Å². The number of rotatable bonds is 6. The van der Waals surface area contributed by atoms with Crippen molar-refractivity contribution in [1.29, 1.82) is 0 Å². The Balaban J connectivity index is 2.96. The highest BCUT2D eigenvalue weighted by Crippen LogP contribution is 2.30. The zero-order valence-corrected chi connectivity index (χ0v) is 11.0. The number of aliphatic carboxylic acids is 1. The van der Waals surface area contributed by atoms with Gasteiger partial charge in [-0.05, 0) is 24.6 Å². The highest BCUT2D eigenvalue weighted by molar-refractivity contribution is 5.73. The third kappa shape index (κ3) is 3.57. The van der Waals surface area contributed by atoms with E-state index in [0.29, 0.717) is 17.1 Å². The van der Waals surface area contributed by atoms with Gasteiger partial charge in [0.25, 0.3) is 0 Å². The van der Waals surface area contributed by atoms with E-state index in [1.807, 2.05) is 0 Å². The second-order valence-corrected chi connectivity index (χ2v) is 4.42. The minimum atomic E-state index is -2.36. The first kappa shape index (κ1) is 15.2. The number of carboxylic acids is 1. The van der Waals surface area contributed by atoms with Crippen LogP contribution in [0, 0.1) is 0 Å². The van der Waals surface area contributed by atoms with Crippen LogP contribution in [0.3, 0.4) is 0 Å². The molecule has 0 saturated carbocycles. The summed E-state index contributed by atoms with van der Waals surface area (Å²) in [5.74, 6) is -0.757. The summed E-state index contributed by atoms with van der Waals surface area (Å²) in [6.45, 7) is 1.14. The van der Waals surface area contributed by atoms with Crippen LogP contribution in [0.1, 0.15) is 12.5 Å². The average molecular weight is 272 g/mol. The first-order chi connectivity index (χ1) is 8.81. The fourth-order valence-electron chi connectivity index (χ4n) is 1.76. The molecule has 0 heterocycles. The standard InChI is InChI=1S/C13H17FO5/c1-13(17,11(14)12(15)16)7-8-4-5-9(18-2)10(6-8)19-3/h4-6,11,17H,7H2,1-3H3,(H,15,16). The molecule has 19 heavy (non-hydrogen) atoms. The number of halogens is 1. The lowest BCUT2D eigenvalue weighted by Gasteiger charge is -2.25. The van der Waals surface area contributed by atoms with E-state index in [1.54, 1.807) is 18.2 Å². The number of hydrogen-bond acceptors (Lipinski definition) is 4. The second kappa shape index (κ2) is 5.88. The van der Waals surface area contributed by atoms with E-state index in [9.17, 15) is 14.3 Å². The van der Waals surface area contributed by atoms with Gasteiger partial charge in [0.05, 0.1) is 14.2 Å². The molecule has 2 unspecified atom stereocenters. The van der Waals surface area contributed by atoms with Crippen molar-refractivity contribution >= 4 is 5.97 Å². The van der Waals surface area contributed by atoms with Crippen LogP contribution in [-0.4, -0.2) is 42.2 Å². The first-order valence-corrected chi connectivity index (χ1v) is 5.62. The number of carbonyl (C=O) groups is 1. The molecule has 2 atom stereocenters. The Morgan fingerprint density at radius 1 is 1.37 bits per heavy atom. The average Bonchev–Trinajstić information content (AvgIpc) is 2.36. The third-order valence-electron chi connectivity index (χ3n) is 2.77. The van der Waals surface area contributed by atoms with Gasteiger partial charge in [0.15, 0.2) is 11.5 Å². The molecule has 5 nitrogen and oxygen atoms in total. The number of hydrogen-bond donors (Lipinski definition) is 2. The van der Waals surface area contributed by atoms with Crippen LogP contribution in [0.5, 0.6) is 11.5 Å². The molecule has 6 heteroatoms. The van der Waals surface area contributed by atoms with E-state index >= 15 is 0 Å². The van der Waals surface area contributed by atoms with Gasteiger partial charge in [0.1, 0.15) is 5.60 Å². The van der Waals surface area contributed by atoms with E-state index in [0.717, 1.165) is 6.92 Å². The van der Waals surface area contributed by atoms with Crippen LogP contribution < -0.4 is 9.47 Å². The summed E-state index contributed by atoms with van der Waals surface area (Å²) in [7, 11) is 2.94. The fourth-order valence-corrected chi connectivity index (χ4v) is 1.76. The Morgan fingerprint density at radius 2 is 1.95 bits per heavy atom. The first-order valence-electron chi connectivity index (χ1n) is 5.62. The number of carboxylic acid groups (broad SMARTS) is 1. The summed E-state index contributed by atoms with van der Waals surface area (Å²) in [6.07, 6.45) is -2.51. The third-order valence-corrected chi connectivity index (χ3v) is 2.77. The second-order valence-electron chi connectivity index (χ2n) is 4.42. The van der Waals surface area contributed by atoms with Crippen molar-refractivity contribution in [3.8, 4) is 11.5 Å². The molecule has 0 aliphatic heterocycles. The Bertz CT molecular complexity index is 458. The van der Waals surface area contributed by atoms with Crippen LogP contribution in [0.15, 0.2) is 18.2 Å². The van der Waals surface area contributed by atoms with Gasteiger partial charge in [0.2, 0.25) is 6.17 Å². The summed E-state index contributed by atoms with van der Waals surface area (Å²) in [4.78, 5) is 10.6. The normalized spacial score (nSPS) is 15.4. The highest BCUT2D eigenvalue weighted by atomic mass is 19.1. The van der Waals surface area contributed by atoms with E-state index in [4.69, 9.17) is 14.6 Å². The van der Waals surface area contributed by atoms with Crippen LogP contribution in [0.2, 0.25) is 0 Å². The van der Waals surface area contributed by atoms with Crippen LogP contribution in [0.4, 0.5) is 4.39 Å². The number of benzene rings is 1. The van der Waals surface area contributed by atoms with Crippen LogP contribution >= 0.6 is 0 Å². The molecule has 1 aromatic carbocycles. The quantitative estimate of drug-likeness (QED) is 0.819.